The van der Waals surface area contributed by atoms with Crippen molar-refractivity contribution >= 4 is 11.9 Å². The second kappa shape index (κ2) is 6.48. The minimum absolute atomic E-state index is 0.226. The highest BCUT2D eigenvalue weighted by Gasteiger charge is 2.45. The van der Waals surface area contributed by atoms with E-state index in [4.69, 9.17) is 4.84 Å². The molecule has 1 aromatic rings. The lowest BCUT2D eigenvalue weighted by molar-refractivity contribution is -0.152. The van der Waals surface area contributed by atoms with Gasteiger partial charge in [-0.15, -0.1) is 0 Å². The maximum Gasteiger partial charge on any atom is 0.331 e. The molecular weight excluding hydrogens is 258 g/mol. The Morgan fingerprint density at radius 1 is 1.35 bits per heavy atom. The third-order valence-electron chi connectivity index (χ3n) is 3.56. The number of hydrogen-bond acceptors (Lipinski definition) is 4. The van der Waals surface area contributed by atoms with Crippen LogP contribution >= 0.6 is 0 Å². The van der Waals surface area contributed by atoms with Crippen LogP contribution < -0.4 is 5.48 Å². The molecule has 0 radical (unpaired) electrons. The topological polar surface area (TPSA) is 75.6 Å². The number of aliphatic carboxylic acids is 1. The molecule has 1 unspecified atom stereocenters. The zero-order valence-corrected chi connectivity index (χ0v) is 11.1. The highest BCUT2D eigenvalue weighted by molar-refractivity contribution is 5.86. The third-order valence-corrected chi connectivity index (χ3v) is 3.56. The normalized spacial score (nSPS) is 22.3. The molecule has 5 heteroatoms. The van der Waals surface area contributed by atoms with E-state index in [2.05, 4.69) is 5.48 Å². The van der Waals surface area contributed by atoms with E-state index in [1.54, 1.807) is 5.94 Å². The van der Waals surface area contributed by atoms with Crippen molar-refractivity contribution in [2.75, 3.05) is 0 Å². The summed E-state index contributed by atoms with van der Waals surface area (Å²) in [6.45, 7) is 0.238. The predicted octanol–water partition coefficient (Wildman–Crippen LogP) is 1.86. The van der Waals surface area contributed by atoms with Crippen LogP contribution in [0.5, 0.6) is 0 Å². The van der Waals surface area contributed by atoms with Crippen molar-refractivity contribution in [3.05, 3.63) is 41.5 Å². The Morgan fingerprint density at radius 3 is 2.75 bits per heavy atom. The minimum Gasteiger partial charge on any atom is -0.480 e. The van der Waals surface area contributed by atoms with Crippen LogP contribution in [0.25, 0.3) is 0 Å². The van der Waals surface area contributed by atoms with Gasteiger partial charge in [0, 0.05) is 5.57 Å². The molecule has 106 valence electrons. The lowest BCUT2D eigenvalue weighted by Gasteiger charge is -2.33. The van der Waals surface area contributed by atoms with Crippen LogP contribution in [0.3, 0.4) is 0 Å². The second-order valence-electron chi connectivity index (χ2n) is 4.87. The standard InChI is InChI=1S/C15H17NO4/c17-10-13-8-4-5-9-15(13,14(18)19)16-20-11-12-6-2-1-3-7-12/h1-3,6-7,16H,4-5,8-9,11H2,(H,18,19). The quantitative estimate of drug-likeness (QED) is 0.633. The zero-order chi connectivity index (χ0) is 14.4. The summed E-state index contributed by atoms with van der Waals surface area (Å²) >= 11 is 0. The van der Waals surface area contributed by atoms with Gasteiger partial charge in [-0.25, -0.2) is 9.59 Å². The van der Waals surface area contributed by atoms with Crippen molar-refractivity contribution in [1.29, 1.82) is 0 Å². The Morgan fingerprint density at radius 2 is 2.10 bits per heavy atom. The van der Waals surface area contributed by atoms with Crippen molar-refractivity contribution in [2.24, 2.45) is 0 Å². The van der Waals surface area contributed by atoms with Crippen LogP contribution in [-0.2, 0) is 21.0 Å². The van der Waals surface area contributed by atoms with E-state index in [-0.39, 0.29) is 12.2 Å². The molecule has 1 fully saturated rings. The molecule has 1 aromatic carbocycles. The first kappa shape index (κ1) is 14.5. The van der Waals surface area contributed by atoms with Crippen LogP contribution in [0, 0.1) is 0 Å². The molecule has 5 nitrogen and oxygen atoms in total. The van der Waals surface area contributed by atoms with Gasteiger partial charge in [-0.3, -0.25) is 4.84 Å². The van der Waals surface area contributed by atoms with Crippen LogP contribution in [0.15, 0.2) is 35.9 Å². The van der Waals surface area contributed by atoms with Crippen molar-refractivity contribution in [2.45, 2.75) is 37.8 Å². The van der Waals surface area contributed by atoms with Gasteiger partial charge in [0.05, 0.1) is 6.61 Å². The lowest BCUT2D eigenvalue weighted by atomic mass is 9.78. The molecule has 1 aliphatic rings. The van der Waals surface area contributed by atoms with E-state index < -0.39 is 11.5 Å². The van der Waals surface area contributed by atoms with Gasteiger partial charge in [-0.05, 0) is 24.8 Å². The van der Waals surface area contributed by atoms with E-state index in [0.717, 1.165) is 18.4 Å². The predicted molar refractivity (Wildman–Crippen MR) is 72.4 cm³/mol. The number of nitrogens with one attached hydrogen (secondary N) is 1. The Bertz CT molecular complexity index is 522. The van der Waals surface area contributed by atoms with E-state index in [1.807, 2.05) is 30.3 Å². The van der Waals surface area contributed by atoms with Gasteiger partial charge in [-0.1, -0.05) is 36.8 Å². The van der Waals surface area contributed by atoms with E-state index in [1.165, 1.54) is 0 Å². The number of rotatable bonds is 5. The second-order valence-corrected chi connectivity index (χ2v) is 4.87. The number of hydrogen-bond donors (Lipinski definition) is 2. The highest BCUT2D eigenvalue weighted by atomic mass is 16.6. The van der Waals surface area contributed by atoms with E-state index in [9.17, 15) is 14.7 Å². The van der Waals surface area contributed by atoms with E-state index in [0.29, 0.717) is 12.8 Å². The summed E-state index contributed by atoms with van der Waals surface area (Å²) in [6, 6.07) is 9.41. The molecule has 2 rings (SSSR count). The summed E-state index contributed by atoms with van der Waals surface area (Å²) in [6.07, 6.45) is 2.32. The molecule has 1 atom stereocenters. The Kier molecular flexibility index (Phi) is 4.69. The van der Waals surface area contributed by atoms with Crippen LogP contribution in [-0.4, -0.2) is 22.6 Å². The summed E-state index contributed by atoms with van der Waals surface area (Å²) in [5.41, 5.74) is 2.30. The molecule has 20 heavy (non-hydrogen) atoms. The smallest absolute Gasteiger partial charge is 0.331 e. The Balaban J connectivity index is 2.06. The average Bonchev–Trinajstić information content (AvgIpc) is 2.48. The molecule has 0 amide bonds. The minimum atomic E-state index is -1.44. The van der Waals surface area contributed by atoms with Gasteiger partial charge in [0.15, 0.2) is 5.54 Å². The summed E-state index contributed by atoms with van der Waals surface area (Å²) < 4.78 is 0. The SMILES string of the molecule is O=C=C1CCCCC1(NOCc1ccccc1)C(=O)O. The summed E-state index contributed by atoms with van der Waals surface area (Å²) in [4.78, 5) is 27.9. The lowest BCUT2D eigenvalue weighted by Crippen LogP contribution is -2.55. The fourth-order valence-electron chi connectivity index (χ4n) is 2.40. The van der Waals surface area contributed by atoms with Crippen molar-refractivity contribution < 1.29 is 19.5 Å². The molecule has 0 saturated heterocycles. The molecule has 0 aliphatic heterocycles. The van der Waals surface area contributed by atoms with Gasteiger partial charge >= 0.3 is 5.97 Å². The largest absolute Gasteiger partial charge is 0.480 e. The van der Waals surface area contributed by atoms with Crippen molar-refractivity contribution in [3.8, 4) is 0 Å². The van der Waals surface area contributed by atoms with Gasteiger partial charge in [0.25, 0.3) is 0 Å². The Labute approximate surface area is 117 Å². The van der Waals surface area contributed by atoms with Crippen LogP contribution in [0.2, 0.25) is 0 Å². The number of carboxylic acid groups (broad SMARTS) is 1. The fourth-order valence-corrected chi connectivity index (χ4v) is 2.40. The molecule has 2 N–H and O–H groups in total. The van der Waals surface area contributed by atoms with Crippen molar-refractivity contribution in [1.82, 2.24) is 5.48 Å². The average molecular weight is 275 g/mol. The maximum atomic E-state index is 11.5. The fraction of sp³-hybridized carbons (Fsp3) is 0.400. The van der Waals surface area contributed by atoms with Gasteiger partial charge in [0.1, 0.15) is 5.94 Å². The number of carbonyl (C=O) groups is 1. The number of hydroxylamine groups is 1. The monoisotopic (exact) mass is 275 g/mol. The number of carboxylic acids is 1. The van der Waals surface area contributed by atoms with E-state index >= 15 is 0 Å². The summed E-state index contributed by atoms with van der Waals surface area (Å²) in [7, 11) is 0. The molecule has 0 aromatic heterocycles. The first-order chi connectivity index (χ1) is 9.69. The summed E-state index contributed by atoms with van der Waals surface area (Å²) in [5.74, 6) is 0.674. The molecule has 0 bridgehead atoms. The molecule has 1 saturated carbocycles. The van der Waals surface area contributed by atoms with Gasteiger partial charge < -0.3 is 5.11 Å². The van der Waals surface area contributed by atoms with Crippen LogP contribution in [0.1, 0.15) is 31.2 Å². The number of benzene rings is 1. The molecule has 0 spiro atoms. The van der Waals surface area contributed by atoms with Crippen molar-refractivity contribution in [3.63, 3.8) is 0 Å². The molecule has 0 heterocycles. The Hall–Kier alpha value is -1.94. The van der Waals surface area contributed by atoms with Gasteiger partial charge in [0.2, 0.25) is 0 Å². The molecular formula is C15H17NO4. The maximum absolute atomic E-state index is 11.5. The highest BCUT2D eigenvalue weighted by Crippen LogP contribution is 2.32. The van der Waals surface area contributed by atoms with Gasteiger partial charge in [-0.2, -0.15) is 5.48 Å². The first-order valence-electron chi connectivity index (χ1n) is 6.60. The first-order valence-corrected chi connectivity index (χ1v) is 6.60. The third kappa shape index (κ3) is 2.96. The zero-order valence-electron chi connectivity index (χ0n) is 11.1. The number of carbonyl (C=O) groups excluding carboxylic acids is 1. The summed E-state index contributed by atoms with van der Waals surface area (Å²) in [5, 5.41) is 9.45. The van der Waals surface area contributed by atoms with Crippen LogP contribution in [0.4, 0.5) is 0 Å². The molecule has 1 aliphatic carbocycles.